The molecule has 0 fully saturated rings. The highest BCUT2D eigenvalue weighted by atomic mass is 16.5. The fraction of sp³-hybridized carbons (Fsp3) is 0.167. The van der Waals surface area contributed by atoms with Crippen LogP contribution in [0.5, 0.6) is 5.75 Å². The summed E-state index contributed by atoms with van der Waals surface area (Å²) in [6, 6.07) is 9.23. The summed E-state index contributed by atoms with van der Waals surface area (Å²) in [6.07, 6.45) is 2.04. The Kier molecular flexibility index (Phi) is 3.40. The van der Waals surface area contributed by atoms with Crippen molar-refractivity contribution < 1.29 is 9.84 Å². The fourth-order valence-electron chi connectivity index (χ4n) is 1.34. The summed E-state index contributed by atoms with van der Waals surface area (Å²) >= 11 is 0. The number of hydrogen-bond acceptors (Lipinski definition) is 4. The second-order valence-corrected chi connectivity index (χ2v) is 3.40. The van der Waals surface area contributed by atoms with E-state index in [-0.39, 0.29) is 5.76 Å². The number of ether oxygens (including phenoxy) is 1. The molecule has 0 atom stereocenters. The molecule has 1 heterocycles. The summed E-state index contributed by atoms with van der Waals surface area (Å²) in [5.74, 6) is 1.11. The Morgan fingerprint density at radius 1 is 1.35 bits per heavy atom. The van der Waals surface area contributed by atoms with Gasteiger partial charge in [-0.2, -0.15) is 0 Å². The first kappa shape index (κ1) is 11.2. The first-order valence-electron chi connectivity index (χ1n) is 5.33. The lowest BCUT2D eigenvalue weighted by atomic mass is 10.2. The maximum atomic E-state index is 9.82. The van der Waals surface area contributed by atoms with Crippen LogP contribution in [0.1, 0.15) is 19.0 Å². The second-order valence-electron chi connectivity index (χ2n) is 3.40. The molecule has 2 N–H and O–H groups in total. The third kappa shape index (κ3) is 2.63. The van der Waals surface area contributed by atoms with Crippen molar-refractivity contribution in [1.82, 2.24) is 15.4 Å². The molecule has 5 heteroatoms. The summed E-state index contributed by atoms with van der Waals surface area (Å²) in [5, 5.41) is 19.8. The van der Waals surface area contributed by atoms with E-state index in [1.807, 2.05) is 37.3 Å². The molecule has 0 saturated heterocycles. The van der Waals surface area contributed by atoms with Gasteiger partial charge in [-0.1, -0.05) is 30.3 Å². The van der Waals surface area contributed by atoms with Gasteiger partial charge in [0.05, 0.1) is 6.20 Å². The van der Waals surface area contributed by atoms with Gasteiger partial charge in [0.1, 0.15) is 11.5 Å². The number of para-hydroxylation sites is 1. The van der Waals surface area contributed by atoms with E-state index in [0.717, 1.165) is 0 Å². The molecule has 1 aromatic carbocycles. The van der Waals surface area contributed by atoms with Crippen LogP contribution < -0.4 is 4.74 Å². The summed E-state index contributed by atoms with van der Waals surface area (Å²) in [7, 11) is 0. The normalized spacial score (nSPS) is 12.1. The van der Waals surface area contributed by atoms with Gasteiger partial charge in [-0.15, -0.1) is 5.10 Å². The predicted octanol–water partition coefficient (Wildman–Crippen LogP) is 2.52. The van der Waals surface area contributed by atoms with Gasteiger partial charge < -0.3 is 9.84 Å². The summed E-state index contributed by atoms with van der Waals surface area (Å²) in [4.78, 5) is 0. The monoisotopic (exact) mass is 231 g/mol. The third-order valence-electron chi connectivity index (χ3n) is 2.21. The highest BCUT2D eigenvalue weighted by molar-refractivity contribution is 5.59. The van der Waals surface area contributed by atoms with Crippen LogP contribution in [0.3, 0.4) is 0 Å². The molecule has 0 saturated carbocycles. The van der Waals surface area contributed by atoms with Crippen LogP contribution >= 0.6 is 0 Å². The average Bonchev–Trinajstić information content (AvgIpc) is 2.90. The number of aromatic amines is 1. The molecular formula is C12H13N3O2. The van der Waals surface area contributed by atoms with Crippen LogP contribution in [0, 0.1) is 0 Å². The van der Waals surface area contributed by atoms with E-state index in [1.54, 1.807) is 6.20 Å². The lowest BCUT2D eigenvalue weighted by Crippen LogP contribution is -2.00. The number of benzene rings is 1. The highest BCUT2D eigenvalue weighted by Crippen LogP contribution is 2.22. The van der Waals surface area contributed by atoms with Crippen LogP contribution in [0.15, 0.2) is 42.3 Å². The summed E-state index contributed by atoms with van der Waals surface area (Å²) in [6.45, 7) is 1.84. The van der Waals surface area contributed by atoms with Gasteiger partial charge >= 0.3 is 0 Å². The minimum absolute atomic E-state index is 0.141. The molecule has 1 aromatic heterocycles. The number of hydrogen-bond donors (Lipinski definition) is 2. The first-order valence-corrected chi connectivity index (χ1v) is 5.33. The Balaban J connectivity index is 2.31. The van der Waals surface area contributed by atoms with Crippen LogP contribution in [-0.4, -0.2) is 20.5 Å². The zero-order valence-corrected chi connectivity index (χ0v) is 9.42. The Morgan fingerprint density at radius 3 is 2.71 bits per heavy atom. The van der Waals surface area contributed by atoms with Crippen molar-refractivity contribution in [3.05, 3.63) is 48.0 Å². The molecule has 2 aromatic rings. The van der Waals surface area contributed by atoms with E-state index < -0.39 is 0 Å². The van der Waals surface area contributed by atoms with Crippen molar-refractivity contribution in [3.63, 3.8) is 0 Å². The highest BCUT2D eigenvalue weighted by Gasteiger charge is 2.13. The number of H-pyrrole nitrogens is 1. The van der Waals surface area contributed by atoms with Crippen molar-refractivity contribution in [2.24, 2.45) is 0 Å². The SMILES string of the molecule is CCC(O)=C(Oc1ccccc1)c1c[nH]nn1. The van der Waals surface area contributed by atoms with Crippen LogP contribution in [0.4, 0.5) is 0 Å². The molecule has 0 amide bonds. The van der Waals surface area contributed by atoms with E-state index in [9.17, 15) is 5.11 Å². The minimum Gasteiger partial charge on any atom is -0.508 e. The average molecular weight is 231 g/mol. The van der Waals surface area contributed by atoms with Gasteiger partial charge in [0.2, 0.25) is 0 Å². The molecule has 0 aliphatic carbocycles. The quantitative estimate of drug-likeness (QED) is 0.793. The lowest BCUT2D eigenvalue weighted by Gasteiger charge is -2.09. The van der Waals surface area contributed by atoms with Crippen molar-refractivity contribution in [3.8, 4) is 5.75 Å². The molecule has 2 rings (SSSR count). The largest absolute Gasteiger partial charge is 0.508 e. The molecule has 88 valence electrons. The number of nitrogens with zero attached hydrogens (tertiary/aromatic N) is 2. The number of aromatic nitrogens is 3. The van der Waals surface area contributed by atoms with Gasteiger partial charge in [0.15, 0.2) is 11.5 Å². The molecule has 5 nitrogen and oxygen atoms in total. The maximum Gasteiger partial charge on any atom is 0.193 e. The zero-order valence-electron chi connectivity index (χ0n) is 9.42. The number of nitrogens with one attached hydrogen (secondary N) is 1. The number of aliphatic hydroxyl groups is 1. The molecule has 0 aliphatic heterocycles. The number of aliphatic hydroxyl groups excluding tert-OH is 1. The van der Waals surface area contributed by atoms with Crippen molar-refractivity contribution >= 4 is 5.76 Å². The Hall–Kier alpha value is -2.30. The van der Waals surface area contributed by atoms with E-state index in [4.69, 9.17) is 4.74 Å². The van der Waals surface area contributed by atoms with Gasteiger partial charge in [-0.25, -0.2) is 0 Å². The van der Waals surface area contributed by atoms with Gasteiger partial charge in [-0.05, 0) is 12.1 Å². The molecule has 0 bridgehead atoms. The Morgan fingerprint density at radius 2 is 2.12 bits per heavy atom. The maximum absolute atomic E-state index is 9.82. The van der Waals surface area contributed by atoms with Crippen molar-refractivity contribution in [2.75, 3.05) is 0 Å². The fourth-order valence-corrected chi connectivity index (χ4v) is 1.34. The predicted molar refractivity (Wildman–Crippen MR) is 63.3 cm³/mol. The smallest absolute Gasteiger partial charge is 0.193 e. The zero-order chi connectivity index (χ0) is 12.1. The standard InChI is InChI=1S/C12H13N3O2/c1-2-11(16)12(10-8-13-15-14-10)17-9-6-4-3-5-7-9/h3-8,16H,2H2,1H3,(H,13,14,15). The van der Waals surface area contributed by atoms with Crippen LogP contribution in [0.25, 0.3) is 5.76 Å². The molecule has 0 unspecified atom stereocenters. The summed E-state index contributed by atoms with van der Waals surface area (Å²) < 4.78 is 5.62. The molecule has 17 heavy (non-hydrogen) atoms. The van der Waals surface area contributed by atoms with E-state index in [1.165, 1.54) is 0 Å². The molecule has 0 aliphatic rings. The van der Waals surface area contributed by atoms with Gasteiger partial charge in [0.25, 0.3) is 0 Å². The van der Waals surface area contributed by atoms with Crippen molar-refractivity contribution in [2.45, 2.75) is 13.3 Å². The topological polar surface area (TPSA) is 71.0 Å². The molecular weight excluding hydrogens is 218 g/mol. The minimum atomic E-state index is 0.141. The Bertz CT molecular complexity index is 492. The third-order valence-corrected chi connectivity index (χ3v) is 2.21. The van der Waals surface area contributed by atoms with Crippen LogP contribution in [-0.2, 0) is 0 Å². The van der Waals surface area contributed by atoms with Crippen molar-refractivity contribution in [1.29, 1.82) is 0 Å². The number of allylic oxidation sites excluding steroid dienone is 1. The first-order chi connectivity index (χ1) is 8.31. The van der Waals surface area contributed by atoms with E-state index in [2.05, 4.69) is 15.4 Å². The van der Waals surface area contributed by atoms with Crippen LogP contribution in [0.2, 0.25) is 0 Å². The van der Waals surface area contributed by atoms with Gasteiger partial charge in [0, 0.05) is 6.42 Å². The molecule has 0 radical (unpaired) electrons. The van der Waals surface area contributed by atoms with E-state index in [0.29, 0.717) is 23.6 Å². The Labute approximate surface area is 98.8 Å². The van der Waals surface area contributed by atoms with Gasteiger partial charge in [-0.3, -0.25) is 5.10 Å². The molecule has 0 spiro atoms. The second kappa shape index (κ2) is 5.16. The van der Waals surface area contributed by atoms with E-state index >= 15 is 0 Å². The lowest BCUT2D eigenvalue weighted by molar-refractivity contribution is 0.369. The number of rotatable bonds is 4. The summed E-state index contributed by atoms with van der Waals surface area (Å²) in [5.41, 5.74) is 0.480.